The van der Waals surface area contributed by atoms with E-state index >= 15 is 0 Å². The van der Waals surface area contributed by atoms with Crippen molar-refractivity contribution in [2.75, 3.05) is 16.0 Å². The van der Waals surface area contributed by atoms with Crippen molar-refractivity contribution in [1.29, 1.82) is 0 Å². The Balaban J connectivity index is 2.64. The number of rotatable bonds is 5. The van der Waals surface area contributed by atoms with Crippen molar-refractivity contribution in [1.82, 2.24) is 5.32 Å². The molecule has 0 spiro atoms. The number of amides is 4. The summed E-state index contributed by atoms with van der Waals surface area (Å²) in [5, 5.41) is 7.66. The maximum Gasteiger partial charge on any atom is 0.325 e. The van der Waals surface area contributed by atoms with Gasteiger partial charge in [-0.25, -0.2) is 4.79 Å². The van der Waals surface area contributed by atoms with Crippen LogP contribution in [0, 0.1) is 0 Å². The van der Waals surface area contributed by atoms with Crippen LogP contribution in [0.4, 0.5) is 16.2 Å². The molecule has 0 radical (unpaired) electrons. The van der Waals surface area contributed by atoms with Crippen molar-refractivity contribution in [3.05, 3.63) is 24.3 Å². The zero-order valence-electron chi connectivity index (χ0n) is 9.40. The van der Waals surface area contributed by atoms with Crippen LogP contribution in [0.5, 0.6) is 0 Å². The topological polar surface area (TPSA) is 87.3 Å². The molecule has 0 aliphatic heterocycles. The van der Waals surface area contributed by atoms with Crippen LogP contribution in [0.25, 0.3) is 0 Å². The summed E-state index contributed by atoms with van der Waals surface area (Å²) in [6.07, 6.45) is 0.653. The summed E-state index contributed by atoms with van der Waals surface area (Å²) in [6.45, 7) is 0. The summed E-state index contributed by atoms with van der Waals surface area (Å²) < 4.78 is 0. The average Bonchev–Trinajstić information content (AvgIpc) is 2.29. The normalized spacial score (nSPS) is 9.39. The highest BCUT2D eigenvalue weighted by molar-refractivity contribution is 9.09. The van der Waals surface area contributed by atoms with E-state index in [9.17, 15) is 14.4 Å². The lowest BCUT2D eigenvalue weighted by molar-refractivity contribution is -0.115. The first-order chi connectivity index (χ1) is 8.65. The minimum Gasteiger partial charge on any atom is -0.326 e. The first-order valence-electron chi connectivity index (χ1n) is 5.12. The number of hydrogen-bond donors (Lipinski definition) is 3. The van der Waals surface area contributed by atoms with Crippen LogP contribution in [-0.4, -0.2) is 23.7 Å². The Hall–Kier alpha value is -1.89. The predicted octanol–water partition coefficient (Wildman–Crippen LogP) is 1.69. The van der Waals surface area contributed by atoms with Gasteiger partial charge in [-0.1, -0.05) is 22.0 Å². The van der Waals surface area contributed by atoms with Crippen molar-refractivity contribution < 1.29 is 14.4 Å². The molecular weight excluding hydrogens is 302 g/mol. The molecule has 0 saturated heterocycles. The third-order valence-electron chi connectivity index (χ3n) is 1.92. The van der Waals surface area contributed by atoms with E-state index < -0.39 is 6.03 Å². The Morgan fingerprint density at radius 2 is 1.89 bits per heavy atom. The zero-order chi connectivity index (χ0) is 13.4. The molecule has 1 aromatic rings. The highest BCUT2D eigenvalue weighted by Crippen LogP contribution is 2.15. The molecule has 0 fully saturated rings. The highest BCUT2D eigenvalue weighted by Gasteiger charge is 2.03. The third kappa shape index (κ3) is 4.96. The Kier molecular flexibility index (Phi) is 5.86. The predicted molar refractivity (Wildman–Crippen MR) is 71.7 cm³/mol. The Morgan fingerprint density at radius 3 is 2.50 bits per heavy atom. The monoisotopic (exact) mass is 313 g/mol. The summed E-state index contributed by atoms with van der Waals surface area (Å²) in [6, 6.07) is 5.99. The van der Waals surface area contributed by atoms with Crippen LogP contribution in [0.15, 0.2) is 24.3 Å². The van der Waals surface area contributed by atoms with Crippen molar-refractivity contribution in [3.8, 4) is 0 Å². The van der Waals surface area contributed by atoms with E-state index in [0.29, 0.717) is 23.1 Å². The summed E-state index contributed by atoms with van der Waals surface area (Å²) >= 11 is 3.17. The lowest BCUT2D eigenvalue weighted by Gasteiger charge is -2.07. The second-order valence-corrected chi connectivity index (χ2v) is 4.08. The standard InChI is InChI=1S/C11H12BrN3O3/c12-5-4-10(17)14-8-2-1-3-9(6-8)15-11(18)13-7-16/h1-3,6-7H,4-5H2,(H,14,17)(H2,13,15,16,18). The molecule has 0 unspecified atom stereocenters. The first-order valence-corrected chi connectivity index (χ1v) is 6.25. The van der Waals surface area contributed by atoms with Gasteiger partial charge in [0.25, 0.3) is 0 Å². The fourth-order valence-electron chi connectivity index (χ4n) is 1.20. The number of hydrogen-bond acceptors (Lipinski definition) is 3. The molecule has 0 saturated carbocycles. The molecule has 0 heterocycles. The molecule has 1 rings (SSSR count). The maximum atomic E-state index is 11.4. The zero-order valence-corrected chi connectivity index (χ0v) is 11.0. The molecule has 0 aliphatic carbocycles. The number of urea groups is 1. The number of alkyl halides is 1. The molecule has 96 valence electrons. The average molecular weight is 314 g/mol. The van der Waals surface area contributed by atoms with Crippen molar-refractivity contribution in [2.24, 2.45) is 0 Å². The number of imide groups is 1. The second-order valence-electron chi connectivity index (χ2n) is 3.28. The number of carbonyl (C=O) groups is 3. The van der Waals surface area contributed by atoms with Gasteiger partial charge in [0.15, 0.2) is 0 Å². The number of benzene rings is 1. The smallest absolute Gasteiger partial charge is 0.325 e. The van der Waals surface area contributed by atoms with E-state index in [1.807, 2.05) is 5.32 Å². The number of carbonyl (C=O) groups excluding carboxylic acids is 3. The van der Waals surface area contributed by atoms with E-state index in [1.165, 1.54) is 0 Å². The molecular formula is C11H12BrN3O3. The molecule has 0 atom stereocenters. The molecule has 0 aliphatic rings. The van der Waals surface area contributed by atoms with Gasteiger partial charge in [-0.05, 0) is 18.2 Å². The SMILES string of the molecule is O=CNC(=O)Nc1cccc(NC(=O)CCBr)c1. The number of anilines is 2. The Bertz CT molecular complexity index is 451. The summed E-state index contributed by atoms with van der Waals surface area (Å²) in [5.74, 6) is -0.124. The molecule has 4 amide bonds. The fraction of sp³-hybridized carbons (Fsp3) is 0.182. The summed E-state index contributed by atoms with van der Waals surface area (Å²) in [5.41, 5.74) is 1.05. The minimum atomic E-state index is -0.631. The minimum absolute atomic E-state index is 0.124. The number of halogens is 1. The molecule has 6 nitrogen and oxygen atoms in total. The fourth-order valence-corrected chi connectivity index (χ4v) is 1.56. The van der Waals surface area contributed by atoms with E-state index in [1.54, 1.807) is 24.3 Å². The van der Waals surface area contributed by atoms with E-state index in [-0.39, 0.29) is 12.3 Å². The van der Waals surface area contributed by atoms with E-state index in [0.717, 1.165) is 0 Å². The van der Waals surface area contributed by atoms with Crippen LogP contribution in [-0.2, 0) is 9.59 Å². The van der Waals surface area contributed by atoms with Gasteiger partial charge in [-0.15, -0.1) is 0 Å². The largest absolute Gasteiger partial charge is 0.326 e. The second kappa shape index (κ2) is 7.44. The van der Waals surface area contributed by atoms with Crippen molar-refractivity contribution in [2.45, 2.75) is 6.42 Å². The van der Waals surface area contributed by atoms with Gasteiger partial charge in [0, 0.05) is 23.1 Å². The van der Waals surface area contributed by atoms with Gasteiger partial charge in [0.05, 0.1) is 0 Å². The van der Waals surface area contributed by atoms with Crippen molar-refractivity contribution >= 4 is 45.7 Å². The number of nitrogens with one attached hydrogen (secondary N) is 3. The third-order valence-corrected chi connectivity index (χ3v) is 2.31. The van der Waals surface area contributed by atoms with Crippen LogP contribution >= 0.6 is 15.9 Å². The Labute approximate surface area is 112 Å². The van der Waals surface area contributed by atoms with Gasteiger partial charge in [-0.2, -0.15) is 0 Å². The van der Waals surface area contributed by atoms with Gasteiger partial charge in [0.1, 0.15) is 0 Å². The maximum absolute atomic E-state index is 11.4. The summed E-state index contributed by atoms with van der Waals surface area (Å²) in [7, 11) is 0. The van der Waals surface area contributed by atoms with Crippen LogP contribution in [0.3, 0.4) is 0 Å². The molecule has 1 aromatic carbocycles. The first kappa shape index (κ1) is 14.2. The van der Waals surface area contributed by atoms with E-state index in [4.69, 9.17) is 0 Å². The van der Waals surface area contributed by atoms with Gasteiger partial charge >= 0.3 is 6.03 Å². The molecule has 0 aromatic heterocycles. The lowest BCUT2D eigenvalue weighted by Crippen LogP contribution is -2.27. The van der Waals surface area contributed by atoms with Crippen LogP contribution in [0.1, 0.15) is 6.42 Å². The molecule has 3 N–H and O–H groups in total. The molecule has 18 heavy (non-hydrogen) atoms. The lowest BCUT2D eigenvalue weighted by atomic mass is 10.2. The van der Waals surface area contributed by atoms with Crippen molar-refractivity contribution in [3.63, 3.8) is 0 Å². The van der Waals surface area contributed by atoms with Gasteiger partial charge < -0.3 is 10.6 Å². The quantitative estimate of drug-likeness (QED) is 0.571. The van der Waals surface area contributed by atoms with Gasteiger partial charge in [0.2, 0.25) is 12.3 Å². The van der Waals surface area contributed by atoms with Gasteiger partial charge in [-0.3, -0.25) is 14.9 Å². The highest BCUT2D eigenvalue weighted by atomic mass is 79.9. The van der Waals surface area contributed by atoms with E-state index in [2.05, 4.69) is 26.6 Å². The van der Waals surface area contributed by atoms with Crippen LogP contribution < -0.4 is 16.0 Å². The summed E-state index contributed by atoms with van der Waals surface area (Å²) in [4.78, 5) is 32.5. The molecule has 0 bridgehead atoms. The Morgan fingerprint density at radius 1 is 1.22 bits per heavy atom. The van der Waals surface area contributed by atoms with Crippen LogP contribution in [0.2, 0.25) is 0 Å². The molecule has 7 heteroatoms.